The molecule has 2 N–H and O–H groups in total. The monoisotopic (exact) mass is 393 g/mol. The Bertz CT molecular complexity index is 1010. The number of aliphatic carboxylic acids is 1. The minimum atomic E-state index is -1.08. The number of thiophene rings is 1. The number of nitrogens with one attached hydrogen (secondary N) is 1. The largest absolute Gasteiger partial charge is 0.480 e. The molecule has 0 aliphatic heterocycles. The second-order valence-corrected chi connectivity index (χ2v) is 7.70. The van der Waals surface area contributed by atoms with Crippen LogP contribution in [0.4, 0.5) is 4.79 Å². The highest BCUT2D eigenvalue weighted by atomic mass is 32.1. The van der Waals surface area contributed by atoms with Crippen LogP contribution in [0.15, 0.2) is 60.0 Å². The number of benzene rings is 2. The van der Waals surface area contributed by atoms with E-state index in [-0.39, 0.29) is 13.0 Å². The lowest BCUT2D eigenvalue weighted by Gasteiger charge is -2.15. The molecule has 0 spiro atoms. The first-order valence-corrected chi connectivity index (χ1v) is 9.87. The summed E-state index contributed by atoms with van der Waals surface area (Å²) in [6.45, 7) is 0.105. The molecular weight excluding hydrogens is 374 g/mol. The van der Waals surface area contributed by atoms with Crippen molar-refractivity contribution in [2.45, 2.75) is 25.5 Å². The van der Waals surface area contributed by atoms with Crippen LogP contribution in [0.1, 0.15) is 21.6 Å². The normalized spacial score (nSPS) is 12.7. The van der Waals surface area contributed by atoms with Gasteiger partial charge in [-0.15, -0.1) is 11.3 Å². The number of carboxylic acid groups (broad SMARTS) is 1. The second kappa shape index (κ2) is 7.86. The SMILES string of the molecule is O=C(NC(Cc1cccs1)C(=O)O)OCc1cccc2c1Cc1ccccc1-2. The first-order valence-electron chi connectivity index (χ1n) is 8.99. The van der Waals surface area contributed by atoms with Crippen LogP contribution in [0.5, 0.6) is 0 Å². The van der Waals surface area contributed by atoms with Crippen LogP contribution < -0.4 is 5.32 Å². The summed E-state index contributed by atoms with van der Waals surface area (Å²) in [6.07, 6.45) is 0.318. The number of alkyl carbamates (subject to hydrolysis) is 1. The molecule has 1 amide bonds. The van der Waals surface area contributed by atoms with Gasteiger partial charge < -0.3 is 15.2 Å². The second-order valence-electron chi connectivity index (χ2n) is 6.67. The smallest absolute Gasteiger partial charge is 0.408 e. The Morgan fingerprint density at radius 1 is 1.07 bits per heavy atom. The number of hydrogen-bond donors (Lipinski definition) is 2. The van der Waals surface area contributed by atoms with E-state index in [2.05, 4.69) is 23.5 Å². The van der Waals surface area contributed by atoms with Crippen LogP contribution in [-0.4, -0.2) is 23.2 Å². The number of rotatable bonds is 6. The number of carbonyl (C=O) groups excluding carboxylic acids is 1. The zero-order valence-electron chi connectivity index (χ0n) is 15.1. The van der Waals surface area contributed by atoms with Crippen molar-refractivity contribution in [2.24, 2.45) is 0 Å². The van der Waals surface area contributed by atoms with Gasteiger partial charge in [-0.05, 0) is 45.7 Å². The van der Waals surface area contributed by atoms with E-state index in [0.29, 0.717) is 0 Å². The fourth-order valence-corrected chi connectivity index (χ4v) is 4.27. The lowest BCUT2D eigenvalue weighted by Crippen LogP contribution is -2.42. The van der Waals surface area contributed by atoms with E-state index in [1.54, 1.807) is 0 Å². The zero-order chi connectivity index (χ0) is 19.5. The summed E-state index contributed by atoms with van der Waals surface area (Å²) in [6, 6.07) is 16.9. The van der Waals surface area contributed by atoms with E-state index in [1.165, 1.54) is 28.0 Å². The molecule has 3 aromatic rings. The Morgan fingerprint density at radius 2 is 1.89 bits per heavy atom. The molecular formula is C22H19NO4S. The van der Waals surface area contributed by atoms with Gasteiger partial charge in [0, 0.05) is 11.3 Å². The van der Waals surface area contributed by atoms with Crippen molar-refractivity contribution in [1.82, 2.24) is 5.32 Å². The molecule has 28 heavy (non-hydrogen) atoms. The van der Waals surface area contributed by atoms with Crippen LogP contribution in [0.3, 0.4) is 0 Å². The van der Waals surface area contributed by atoms with Crippen molar-refractivity contribution in [3.8, 4) is 11.1 Å². The minimum absolute atomic E-state index is 0.105. The molecule has 1 aliphatic carbocycles. The van der Waals surface area contributed by atoms with E-state index < -0.39 is 18.1 Å². The predicted octanol–water partition coefficient (Wildman–Crippen LogP) is 4.24. The van der Waals surface area contributed by atoms with Gasteiger partial charge in [-0.3, -0.25) is 0 Å². The lowest BCUT2D eigenvalue weighted by atomic mass is 10.0. The molecule has 0 saturated heterocycles. The van der Waals surface area contributed by atoms with E-state index in [0.717, 1.165) is 22.4 Å². The van der Waals surface area contributed by atoms with E-state index in [1.807, 2.05) is 41.8 Å². The lowest BCUT2D eigenvalue weighted by molar-refractivity contribution is -0.139. The van der Waals surface area contributed by atoms with Gasteiger partial charge in [-0.25, -0.2) is 9.59 Å². The summed E-state index contributed by atoms with van der Waals surface area (Å²) in [7, 11) is 0. The van der Waals surface area contributed by atoms with Gasteiger partial charge in [0.05, 0.1) is 0 Å². The van der Waals surface area contributed by atoms with Crippen LogP contribution >= 0.6 is 11.3 Å². The first kappa shape index (κ1) is 18.3. The van der Waals surface area contributed by atoms with Gasteiger partial charge in [0.1, 0.15) is 12.6 Å². The molecule has 142 valence electrons. The van der Waals surface area contributed by atoms with Crippen LogP contribution in [0, 0.1) is 0 Å². The third kappa shape index (κ3) is 3.77. The fourth-order valence-electron chi connectivity index (χ4n) is 3.52. The Balaban J connectivity index is 1.41. The molecule has 1 atom stereocenters. The average molecular weight is 393 g/mol. The number of amides is 1. The molecule has 1 heterocycles. The molecule has 1 aromatic heterocycles. The maximum atomic E-state index is 12.2. The van der Waals surface area contributed by atoms with Gasteiger partial charge in [0.15, 0.2) is 0 Å². The quantitative estimate of drug-likeness (QED) is 0.514. The summed E-state index contributed by atoms with van der Waals surface area (Å²) in [5, 5.41) is 13.7. The maximum Gasteiger partial charge on any atom is 0.408 e. The predicted molar refractivity (Wildman–Crippen MR) is 107 cm³/mol. The highest BCUT2D eigenvalue weighted by molar-refractivity contribution is 7.09. The number of fused-ring (bicyclic) bond motifs is 3. The Labute approximate surface area is 166 Å². The Hall–Kier alpha value is -3.12. The Kier molecular flexibility index (Phi) is 5.12. The molecule has 6 heteroatoms. The molecule has 1 aliphatic rings. The summed E-state index contributed by atoms with van der Waals surface area (Å²) in [5.41, 5.74) is 5.74. The van der Waals surface area contributed by atoms with E-state index in [4.69, 9.17) is 4.74 Å². The topological polar surface area (TPSA) is 75.6 Å². The molecule has 4 rings (SSSR count). The van der Waals surface area contributed by atoms with Crippen molar-refractivity contribution in [1.29, 1.82) is 0 Å². The van der Waals surface area contributed by atoms with Crippen molar-refractivity contribution < 1.29 is 19.4 Å². The third-order valence-corrected chi connectivity index (χ3v) is 5.78. The van der Waals surface area contributed by atoms with Gasteiger partial charge in [0.2, 0.25) is 0 Å². The van der Waals surface area contributed by atoms with Gasteiger partial charge in [0.25, 0.3) is 0 Å². The molecule has 0 bridgehead atoms. The Morgan fingerprint density at radius 3 is 2.68 bits per heavy atom. The summed E-state index contributed by atoms with van der Waals surface area (Å²) < 4.78 is 5.34. The van der Waals surface area contributed by atoms with E-state index in [9.17, 15) is 14.7 Å². The molecule has 0 fully saturated rings. The van der Waals surface area contributed by atoms with Crippen molar-refractivity contribution in [3.05, 3.63) is 81.5 Å². The molecule has 0 saturated carbocycles. The number of carbonyl (C=O) groups is 2. The number of carboxylic acids is 1. The minimum Gasteiger partial charge on any atom is -0.480 e. The first-order chi connectivity index (χ1) is 13.6. The summed E-state index contributed by atoms with van der Waals surface area (Å²) in [5.74, 6) is -1.08. The van der Waals surface area contributed by atoms with E-state index >= 15 is 0 Å². The molecule has 2 aromatic carbocycles. The molecule has 1 unspecified atom stereocenters. The summed E-state index contributed by atoms with van der Waals surface area (Å²) in [4.78, 5) is 24.5. The van der Waals surface area contributed by atoms with Crippen LogP contribution in [0.2, 0.25) is 0 Å². The highest BCUT2D eigenvalue weighted by Gasteiger charge is 2.23. The van der Waals surface area contributed by atoms with Crippen LogP contribution in [0.25, 0.3) is 11.1 Å². The highest BCUT2D eigenvalue weighted by Crippen LogP contribution is 2.38. The van der Waals surface area contributed by atoms with Gasteiger partial charge >= 0.3 is 12.1 Å². The summed E-state index contributed by atoms with van der Waals surface area (Å²) >= 11 is 1.46. The van der Waals surface area contributed by atoms with Crippen molar-refractivity contribution in [2.75, 3.05) is 0 Å². The zero-order valence-corrected chi connectivity index (χ0v) is 15.9. The standard InChI is InChI=1S/C22H19NO4S/c24-21(25)20(12-16-7-4-10-28-16)23-22(26)27-13-15-6-3-9-18-17-8-2-1-5-14(17)11-19(15)18/h1-10,20H,11-13H2,(H,23,26)(H,24,25). The average Bonchev–Trinajstić information content (AvgIpc) is 3.33. The van der Waals surface area contributed by atoms with Gasteiger partial charge in [-0.2, -0.15) is 0 Å². The van der Waals surface area contributed by atoms with Crippen LogP contribution in [-0.2, 0) is 29.0 Å². The maximum absolute atomic E-state index is 12.2. The van der Waals surface area contributed by atoms with Crippen molar-refractivity contribution in [3.63, 3.8) is 0 Å². The molecule has 5 nitrogen and oxygen atoms in total. The third-order valence-electron chi connectivity index (χ3n) is 4.88. The number of hydrogen-bond acceptors (Lipinski definition) is 4. The molecule has 0 radical (unpaired) electrons. The van der Waals surface area contributed by atoms with Gasteiger partial charge in [-0.1, -0.05) is 48.5 Å². The number of ether oxygens (including phenoxy) is 1. The fraction of sp³-hybridized carbons (Fsp3) is 0.182. The van der Waals surface area contributed by atoms with Crippen molar-refractivity contribution >= 4 is 23.4 Å².